The van der Waals surface area contributed by atoms with Gasteiger partial charge in [-0.05, 0) is 74.1 Å². The molecule has 0 saturated carbocycles. The number of aromatic nitrogens is 4. The molecule has 5 aromatic rings. The standard InChI is InChI=1S/C25H23N5OS/c1-3-29-22-8-6-5-7-20(22)21-15-17(9-14-23(21)29)16-26-30-24(27-28-25(30)32)18-10-12-19(13-11-18)31-4-2/h5-16H,3-4H2,1-2H3,(H,28,32). The minimum atomic E-state index is 0.439. The molecule has 160 valence electrons. The van der Waals surface area contributed by atoms with Gasteiger partial charge >= 0.3 is 0 Å². The Kier molecular flexibility index (Phi) is 5.33. The van der Waals surface area contributed by atoms with Crippen LogP contribution in [0.3, 0.4) is 0 Å². The third-order valence-electron chi connectivity index (χ3n) is 5.51. The van der Waals surface area contributed by atoms with E-state index in [0.717, 1.165) is 23.4 Å². The zero-order valence-corrected chi connectivity index (χ0v) is 18.8. The van der Waals surface area contributed by atoms with E-state index in [0.29, 0.717) is 17.2 Å². The van der Waals surface area contributed by atoms with Crippen LogP contribution in [0.5, 0.6) is 5.75 Å². The number of benzene rings is 3. The van der Waals surface area contributed by atoms with E-state index in [9.17, 15) is 0 Å². The third kappa shape index (κ3) is 3.50. The monoisotopic (exact) mass is 441 g/mol. The lowest BCUT2D eigenvalue weighted by atomic mass is 10.1. The summed E-state index contributed by atoms with van der Waals surface area (Å²) in [7, 11) is 0. The van der Waals surface area contributed by atoms with E-state index in [2.05, 4.69) is 69.3 Å². The number of para-hydroxylation sites is 1. The van der Waals surface area contributed by atoms with Crippen molar-refractivity contribution in [3.05, 3.63) is 77.1 Å². The second kappa shape index (κ2) is 8.43. The molecule has 0 aliphatic carbocycles. The van der Waals surface area contributed by atoms with Crippen LogP contribution in [0.4, 0.5) is 0 Å². The molecule has 0 fully saturated rings. The van der Waals surface area contributed by atoms with Gasteiger partial charge < -0.3 is 9.30 Å². The fourth-order valence-corrected chi connectivity index (χ4v) is 4.25. The number of H-pyrrole nitrogens is 1. The minimum absolute atomic E-state index is 0.439. The number of aromatic amines is 1. The van der Waals surface area contributed by atoms with Crippen LogP contribution in [0.1, 0.15) is 19.4 Å². The molecule has 0 atom stereocenters. The van der Waals surface area contributed by atoms with Gasteiger partial charge in [-0.25, -0.2) is 5.10 Å². The molecule has 0 spiro atoms. The number of hydrogen-bond acceptors (Lipinski definition) is 4. The van der Waals surface area contributed by atoms with Gasteiger partial charge in [0.05, 0.1) is 12.8 Å². The van der Waals surface area contributed by atoms with Crippen LogP contribution in [0, 0.1) is 4.77 Å². The van der Waals surface area contributed by atoms with Gasteiger partial charge in [-0.3, -0.25) is 0 Å². The average Bonchev–Trinajstić information content (AvgIpc) is 3.35. The highest BCUT2D eigenvalue weighted by Crippen LogP contribution is 2.29. The number of fused-ring (bicyclic) bond motifs is 3. The minimum Gasteiger partial charge on any atom is -0.494 e. The van der Waals surface area contributed by atoms with Crippen LogP contribution >= 0.6 is 12.2 Å². The molecular formula is C25H23N5OS. The van der Waals surface area contributed by atoms with Crippen molar-refractivity contribution >= 4 is 40.2 Å². The van der Waals surface area contributed by atoms with Gasteiger partial charge in [-0.2, -0.15) is 14.9 Å². The molecule has 0 saturated heterocycles. The molecular weight excluding hydrogens is 418 g/mol. The normalized spacial score (nSPS) is 11.7. The smallest absolute Gasteiger partial charge is 0.216 e. The van der Waals surface area contributed by atoms with Crippen molar-refractivity contribution in [2.75, 3.05) is 6.61 Å². The fourth-order valence-electron chi connectivity index (χ4n) is 4.07. The van der Waals surface area contributed by atoms with Crippen molar-refractivity contribution in [3.8, 4) is 17.1 Å². The molecule has 2 heterocycles. The van der Waals surface area contributed by atoms with Crippen LogP contribution in [-0.4, -0.2) is 32.3 Å². The number of rotatable bonds is 6. The SMILES string of the molecule is CCOc1ccc(-c2n[nH]c(=S)n2N=Cc2ccc3c(c2)c2ccccc2n3CC)cc1. The van der Waals surface area contributed by atoms with Gasteiger partial charge in [0.2, 0.25) is 4.77 Å². The van der Waals surface area contributed by atoms with E-state index in [1.54, 1.807) is 4.68 Å². The van der Waals surface area contributed by atoms with Crippen molar-refractivity contribution in [3.63, 3.8) is 0 Å². The maximum atomic E-state index is 5.53. The van der Waals surface area contributed by atoms with Gasteiger partial charge in [0.15, 0.2) is 5.82 Å². The number of hydrogen-bond donors (Lipinski definition) is 1. The van der Waals surface area contributed by atoms with Crippen molar-refractivity contribution in [1.29, 1.82) is 0 Å². The molecule has 5 rings (SSSR count). The van der Waals surface area contributed by atoms with E-state index in [1.165, 1.54) is 21.8 Å². The lowest BCUT2D eigenvalue weighted by molar-refractivity contribution is 0.340. The number of nitrogens with one attached hydrogen (secondary N) is 1. The van der Waals surface area contributed by atoms with E-state index in [1.807, 2.05) is 37.4 Å². The van der Waals surface area contributed by atoms with Crippen molar-refractivity contribution in [2.24, 2.45) is 5.10 Å². The van der Waals surface area contributed by atoms with Crippen LogP contribution < -0.4 is 4.74 Å². The summed E-state index contributed by atoms with van der Waals surface area (Å²) < 4.78 is 9.94. The highest BCUT2D eigenvalue weighted by Gasteiger charge is 2.10. The molecule has 0 bridgehead atoms. The topological polar surface area (TPSA) is 60.1 Å². The van der Waals surface area contributed by atoms with Crippen LogP contribution in [0.25, 0.3) is 33.2 Å². The molecule has 7 heteroatoms. The molecule has 0 unspecified atom stereocenters. The lowest BCUT2D eigenvalue weighted by Crippen LogP contribution is -1.96. The summed E-state index contributed by atoms with van der Waals surface area (Å²) in [6, 6.07) is 22.6. The van der Waals surface area contributed by atoms with Crippen LogP contribution in [-0.2, 0) is 6.54 Å². The Hall–Kier alpha value is -3.71. The third-order valence-corrected chi connectivity index (χ3v) is 5.77. The highest BCUT2D eigenvalue weighted by atomic mass is 32.1. The Balaban J connectivity index is 1.53. The second-order valence-corrected chi connectivity index (χ2v) is 7.79. The maximum Gasteiger partial charge on any atom is 0.216 e. The summed E-state index contributed by atoms with van der Waals surface area (Å²) in [5.74, 6) is 1.47. The number of aryl methyl sites for hydroxylation is 1. The Morgan fingerprint density at radius 1 is 1.00 bits per heavy atom. The Morgan fingerprint density at radius 2 is 1.78 bits per heavy atom. The first-order valence-electron chi connectivity index (χ1n) is 10.7. The average molecular weight is 442 g/mol. The largest absolute Gasteiger partial charge is 0.494 e. The molecule has 3 aromatic carbocycles. The predicted molar refractivity (Wildman–Crippen MR) is 132 cm³/mol. The quantitative estimate of drug-likeness (QED) is 0.259. The van der Waals surface area contributed by atoms with E-state index < -0.39 is 0 Å². The summed E-state index contributed by atoms with van der Waals surface area (Å²) in [4.78, 5) is 0. The molecule has 0 radical (unpaired) electrons. The predicted octanol–water partition coefficient (Wildman–Crippen LogP) is 6.02. The van der Waals surface area contributed by atoms with Gasteiger partial charge in [0, 0.05) is 33.9 Å². The molecule has 0 aliphatic rings. The molecule has 1 N–H and O–H groups in total. The van der Waals surface area contributed by atoms with Gasteiger partial charge in [-0.1, -0.05) is 24.3 Å². The van der Waals surface area contributed by atoms with Crippen molar-refractivity contribution < 1.29 is 4.74 Å². The molecule has 32 heavy (non-hydrogen) atoms. The van der Waals surface area contributed by atoms with Gasteiger partial charge in [0.1, 0.15) is 5.75 Å². The zero-order chi connectivity index (χ0) is 22.1. The first kappa shape index (κ1) is 20.2. The number of ether oxygens (including phenoxy) is 1. The van der Waals surface area contributed by atoms with E-state index >= 15 is 0 Å². The fraction of sp³-hybridized carbons (Fsp3) is 0.160. The summed E-state index contributed by atoms with van der Waals surface area (Å²) >= 11 is 5.42. The number of nitrogens with zero attached hydrogens (tertiary/aromatic N) is 4. The summed E-state index contributed by atoms with van der Waals surface area (Å²) in [6.07, 6.45) is 1.82. The van der Waals surface area contributed by atoms with E-state index in [4.69, 9.17) is 17.0 Å². The molecule has 0 amide bonds. The summed E-state index contributed by atoms with van der Waals surface area (Å²) in [6.45, 7) is 5.69. The Bertz CT molecular complexity index is 1490. The molecule has 0 aliphatic heterocycles. The Labute approximate surface area is 190 Å². The van der Waals surface area contributed by atoms with Crippen molar-refractivity contribution in [1.82, 2.24) is 19.4 Å². The highest BCUT2D eigenvalue weighted by molar-refractivity contribution is 7.71. The molecule has 6 nitrogen and oxygen atoms in total. The van der Waals surface area contributed by atoms with Crippen LogP contribution in [0.2, 0.25) is 0 Å². The first-order chi connectivity index (χ1) is 15.7. The summed E-state index contributed by atoms with van der Waals surface area (Å²) in [5.41, 5.74) is 4.37. The van der Waals surface area contributed by atoms with Gasteiger partial charge in [-0.15, -0.1) is 0 Å². The first-order valence-corrected chi connectivity index (χ1v) is 11.1. The van der Waals surface area contributed by atoms with Gasteiger partial charge in [0.25, 0.3) is 0 Å². The summed E-state index contributed by atoms with van der Waals surface area (Å²) in [5, 5.41) is 14.3. The Morgan fingerprint density at radius 3 is 2.56 bits per heavy atom. The lowest BCUT2D eigenvalue weighted by Gasteiger charge is -2.05. The van der Waals surface area contributed by atoms with Crippen LogP contribution in [0.15, 0.2) is 71.8 Å². The maximum absolute atomic E-state index is 5.53. The van der Waals surface area contributed by atoms with Crippen molar-refractivity contribution in [2.45, 2.75) is 20.4 Å². The second-order valence-electron chi connectivity index (χ2n) is 7.40. The van der Waals surface area contributed by atoms with E-state index in [-0.39, 0.29) is 0 Å². The zero-order valence-electron chi connectivity index (χ0n) is 17.9. The molecule has 2 aromatic heterocycles.